The molecule has 0 radical (unpaired) electrons. The van der Waals surface area contributed by atoms with Crippen LogP contribution in [0.15, 0.2) is 64.9 Å². The molecule has 0 aliphatic carbocycles. The Morgan fingerprint density at radius 1 is 1.06 bits per heavy atom. The molecular formula is C15H14S. The summed E-state index contributed by atoms with van der Waals surface area (Å²) >= 11 is 1.78. The molecule has 0 aliphatic heterocycles. The molecule has 0 amide bonds. The lowest BCUT2D eigenvalue weighted by Gasteiger charge is -2.05. The van der Waals surface area contributed by atoms with Crippen LogP contribution in [0.1, 0.15) is 11.1 Å². The van der Waals surface area contributed by atoms with Crippen LogP contribution in [-0.2, 0) is 0 Å². The van der Waals surface area contributed by atoms with E-state index < -0.39 is 0 Å². The monoisotopic (exact) mass is 226 g/mol. The van der Waals surface area contributed by atoms with Crippen molar-refractivity contribution in [2.45, 2.75) is 16.7 Å². The average Bonchev–Trinajstić information content (AvgIpc) is 2.30. The number of hydrogen-bond donors (Lipinski definition) is 0. The van der Waals surface area contributed by atoms with Gasteiger partial charge in [0.2, 0.25) is 0 Å². The van der Waals surface area contributed by atoms with E-state index in [0.29, 0.717) is 0 Å². The standard InChI is InChI=1S/C15H14S/c1-3-13-8-4-5-10-15(13)16-14-9-6-7-12(2)11-14/h3-11H,1H2,2H3. The van der Waals surface area contributed by atoms with Gasteiger partial charge in [0.25, 0.3) is 0 Å². The smallest absolute Gasteiger partial charge is 0.0194 e. The normalized spacial score (nSPS) is 10.1. The first-order valence-electron chi connectivity index (χ1n) is 5.25. The number of aryl methyl sites for hydroxylation is 1. The molecule has 1 heteroatoms. The summed E-state index contributed by atoms with van der Waals surface area (Å²) < 4.78 is 0. The van der Waals surface area contributed by atoms with Crippen LogP contribution in [0.25, 0.3) is 6.08 Å². The minimum absolute atomic E-state index is 1.19. The summed E-state index contributed by atoms with van der Waals surface area (Å²) in [7, 11) is 0. The number of rotatable bonds is 3. The van der Waals surface area contributed by atoms with Crippen LogP contribution in [0.2, 0.25) is 0 Å². The second-order valence-corrected chi connectivity index (χ2v) is 4.78. The highest BCUT2D eigenvalue weighted by molar-refractivity contribution is 7.99. The summed E-state index contributed by atoms with van der Waals surface area (Å²) in [6.45, 7) is 5.95. The van der Waals surface area contributed by atoms with Crippen LogP contribution in [0.5, 0.6) is 0 Å². The first kappa shape index (κ1) is 11.0. The van der Waals surface area contributed by atoms with Crippen LogP contribution >= 0.6 is 11.8 Å². The maximum atomic E-state index is 3.84. The van der Waals surface area contributed by atoms with Crippen molar-refractivity contribution in [1.82, 2.24) is 0 Å². The van der Waals surface area contributed by atoms with Crippen molar-refractivity contribution in [1.29, 1.82) is 0 Å². The van der Waals surface area contributed by atoms with E-state index in [-0.39, 0.29) is 0 Å². The van der Waals surface area contributed by atoms with E-state index in [4.69, 9.17) is 0 Å². The van der Waals surface area contributed by atoms with Crippen LogP contribution in [0, 0.1) is 6.92 Å². The summed E-state index contributed by atoms with van der Waals surface area (Å²) in [5.41, 5.74) is 2.48. The van der Waals surface area contributed by atoms with E-state index in [1.54, 1.807) is 11.8 Å². The molecule has 2 rings (SSSR count). The number of hydrogen-bond acceptors (Lipinski definition) is 1. The molecule has 0 spiro atoms. The van der Waals surface area contributed by atoms with Gasteiger partial charge in [-0.1, -0.05) is 60.3 Å². The fourth-order valence-electron chi connectivity index (χ4n) is 1.55. The van der Waals surface area contributed by atoms with Gasteiger partial charge in [-0.25, -0.2) is 0 Å². The first-order chi connectivity index (χ1) is 7.79. The highest BCUT2D eigenvalue weighted by Crippen LogP contribution is 2.31. The van der Waals surface area contributed by atoms with Gasteiger partial charge >= 0.3 is 0 Å². The Bertz CT molecular complexity index is 500. The molecule has 0 atom stereocenters. The van der Waals surface area contributed by atoms with E-state index in [0.717, 1.165) is 0 Å². The topological polar surface area (TPSA) is 0 Å². The van der Waals surface area contributed by atoms with Crippen molar-refractivity contribution >= 4 is 17.8 Å². The van der Waals surface area contributed by atoms with Crippen LogP contribution < -0.4 is 0 Å². The largest absolute Gasteiger partial charge is 0.0984 e. The summed E-state index contributed by atoms with van der Waals surface area (Å²) in [6.07, 6.45) is 1.90. The predicted octanol–water partition coefficient (Wildman–Crippen LogP) is 4.79. The molecule has 0 aliphatic rings. The molecule has 0 unspecified atom stereocenters. The lowest BCUT2D eigenvalue weighted by atomic mass is 10.2. The Hall–Kier alpha value is -1.47. The zero-order valence-electron chi connectivity index (χ0n) is 9.31. The van der Waals surface area contributed by atoms with Crippen molar-refractivity contribution < 1.29 is 0 Å². The molecule has 2 aromatic carbocycles. The summed E-state index contributed by atoms with van der Waals surface area (Å²) in [5.74, 6) is 0. The average molecular weight is 226 g/mol. The predicted molar refractivity (Wildman–Crippen MR) is 71.8 cm³/mol. The molecular weight excluding hydrogens is 212 g/mol. The molecule has 80 valence electrons. The van der Waals surface area contributed by atoms with Crippen molar-refractivity contribution in [3.05, 3.63) is 66.2 Å². The lowest BCUT2D eigenvalue weighted by molar-refractivity contribution is 1.34. The van der Waals surface area contributed by atoms with Gasteiger partial charge in [-0.2, -0.15) is 0 Å². The maximum Gasteiger partial charge on any atom is 0.0194 e. The molecule has 0 aromatic heterocycles. The Morgan fingerprint density at radius 2 is 1.88 bits per heavy atom. The van der Waals surface area contributed by atoms with Crippen LogP contribution in [0.3, 0.4) is 0 Å². The molecule has 0 heterocycles. The summed E-state index contributed by atoms with van der Waals surface area (Å²) in [4.78, 5) is 2.53. The lowest BCUT2D eigenvalue weighted by Crippen LogP contribution is -1.79. The van der Waals surface area contributed by atoms with Gasteiger partial charge < -0.3 is 0 Å². The Balaban J connectivity index is 2.30. The summed E-state index contributed by atoms with van der Waals surface area (Å²) in [6, 6.07) is 16.9. The minimum atomic E-state index is 1.19. The Labute approximate surface area is 101 Å². The molecule has 0 nitrogen and oxygen atoms in total. The number of benzene rings is 2. The summed E-state index contributed by atoms with van der Waals surface area (Å²) in [5, 5.41) is 0. The van der Waals surface area contributed by atoms with E-state index >= 15 is 0 Å². The van der Waals surface area contributed by atoms with E-state index in [2.05, 4.69) is 56.0 Å². The van der Waals surface area contributed by atoms with Crippen LogP contribution in [-0.4, -0.2) is 0 Å². The van der Waals surface area contributed by atoms with E-state index in [1.807, 2.05) is 12.1 Å². The molecule has 0 fully saturated rings. The molecule has 0 N–H and O–H groups in total. The van der Waals surface area contributed by atoms with Gasteiger partial charge in [0.05, 0.1) is 0 Å². The fraction of sp³-hybridized carbons (Fsp3) is 0.0667. The quantitative estimate of drug-likeness (QED) is 0.725. The van der Waals surface area contributed by atoms with Gasteiger partial charge in [-0.15, -0.1) is 0 Å². The SMILES string of the molecule is C=Cc1ccccc1Sc1cccc(C)c1. The van der Waals surface area contributed by atoms with Crippen LogP contribution in [0.4, 0.5) is 0 Å². The Morgan fingerprint density at radius 3 is 2.62 bits per heavy atom. The molecule has 16 heavy (non-hydrogen) atoms. The van der Waals surface area contributed by atoms with Gasteiger partial charge in [0.1, 0.15) is 0 Å². The fourth-order valence-corrected chi connectivity index (χ4v) is 2.61. The van der Waals surface area contributed by atoms with Crippen molar-refractivity contribution in [3.63, 3.8) is 0 Å². The van der Waals surface area contributed by atoms with Crippen molar-refractivity contribution in [2.24, 2.45) is 0 Å². The third kappa shape index (κ3) is 2.56. The third-order valence-corrected chi connectivity index (χ3v) is 3.44. The molecule has 0 bridgehead atoms. The molecule has 2 aromatic rings. The highest BCUT2D eigenvalue weighted by Gasteiger charge is 2.00. The van der Waals surface area contributed by atoms with Crippen molar-refractivity contribution in [2.75, 3.05) is 0 Å². The molecule has 0 saturated carbocycles. The first-order valence-corrected chi connectivity index (χ1v) is 6.07. The Kier molecular flexibility index (Phi) is 3.47. The second-order valence-electron chi connectivity index (χ2n) is 3.66. The zero-order valence-corrected chi connectivity index (χ0v) is 10.1. The van der Waals surface area contributed by atoms with E-state index in [1.165, 1.54) is 20.9 Å². The van der Waals surface area contributed by atoms with Gasteiger partial charge in [0, 0.05) is 9.79 Å². The third-order valence-electron chi connectivity index (χ3n) is 2.36. The van der Waals surface area contributed by atoms with Gasteiger partial charge in [0.15, 0.2) is 0 Å². The molecule has 0 saturated heterocycles. The van der Waals surface area contributed by atoms with Crippen molar-refractivity contribution in [3.8, 4) is 0 Å². The second kappa shape index (κ2) is 5.04. The zero-order chi connectivity index (χ0) is 11.4. The maximum absolute atomic E-state index is 3.84. The van der Waals surface area contributed by atoms with E-state index in [9.17, 15) is 0 Å². The van der Waals surface area contributed by atoms with Gasteiger partial charge in [-0.05, 0) is 30.7 Å². The minimum Gasteiger partial charge on any atom is -0.0984 e. The van der Waals surface area contributed by atoms with Gasteiger partial charge in [-0.3, -0.25) is 0 Å². The highest BCUT2D eigenvalue weighted by atomic mass is 32.2.